The highest BCUT2D eigenvalue weighted by atomic mass is 35.5. The van der Waals surface area contributed by atoms with Gasteiger partial charge in [0.2, 0.25) is 0 Å². The van der Waals surface area contributed by atoms with E-state index in [2.05, 4.69) is 31.2 Å². The van der Waals surface area contributed by atoms with Gasteiger partial charge < -0.3 is 15.2 Å². The Morgan fingerprint density at radius 3 is 2.48 bits per heavy atom. The molecule has 3 heterocycles. The van der Waals surface area contributed by atoms with Crippen molar-refractivity contribution < 1.29 is 27.0 Å². The number of anilines is 2. The Hall–Kier alpha value is -4.20. The van der Waals surface area contributed by atoms with Crippen LogP contribution in [0, 0.1) is 6.92 Å². The largest absolute Gasteiger partial charge is 0.496 e. The molecule has 2 saturated heterocycles. The molecule has 1 aromatic heterocycles. The number of methoxy groups -OCH3 is 1. The molecule has 0 spiro atoms. The number of nitrogens with one attached hydrogen (secondary N) is 1. The summed E-state index contributed by atoms with van der Waals surface area (Å²) in [6, 6.07) is 21.6. The van der Waals surface area contributed by atoms with Gasteiger partial charge >= 0.3 is 0 Å². The van der Waals surface area contributed by atoms with E-state index in [9.17, 15) is 22.3 Å². The van der Waals surface area contributed by atoms with Gasteiger partial charge in [0.05, 0.1) is 29.0 Å². The quantitative estimate of drug-likeness (QED) is 0.147. The number of aromatic nitrogens is 2. The lowest BCUT2D eigenvalue weighted by atomic mass is 9.93. The minimum atomic E-state index is -3.07. The summed E-state index contributed by atoms with van der Waals surface area (Å²) in [7, 11) is -1.41. The summed E-state index contributed by atoms with van der Waals surface area (Å²) in [5, 5.41) is 14.1. The molecule has 3 aliphatic rings. The Morgan fingerprint density at radius 1 is 1.00 bits per heavy atom. The van der Waals surface area contributed by atoms with E-state index in [0.29, 0.717) is 54.2 Å². The van der Waals surface area contributed by atoms with Crippen molar-refractivity contribution >= 4 is 43.8 Å². The predicted molar refractivity (Wildman–Crippen MR) is 209 cm³/mol. The molecule has 13 heteroatoms. The molecule has 2 unspecified atom stereocenters. The van der Waals surface area contributed by atoms with E-state index >= 15 is 0 Å². The number of ether oxygens (including phenoxy) is 1. The molecule has 2 N–H and O–H groups in total. The molecule has 9 nitrogen and oxygen atoms in total. The van der Waals surface area contributed by atoms with Crippen LogP contribution >= 0.6 is 11.6 Å². The number of alkyl halides is 2. The first-order chi connectivity index (χ1) is 25.9. The van der Waals surface area contributed by atoms with Gasteiger partial charge in [-0.1, -0.05) is 54.1 Å². The molecule has 0 bridgehead atoms. The summed E-state index contributed by atoms with van der Waals surface area (Å²) < 4.78 is 58.2. The zero-order valence-corrected chi connectivity index (χ0v) is 31.9. The van der Waals surface area contributed by atoms with Gasteiger partial charge in [-0.05, 0) is 78.3 Å². The number of halogens is 3. The van der Waals surface area contributed by atoms with Crippen molar-refractivity contribution in [1.29, 1.82) is 0 Å². The summed E-state index contributed by atoms with van der Waals surface area (Å²) in [6.07, 6.45) is 0.562. The molecule has 0 saturated carbocycles. The average molecular weight is 774 g/mol. The maximum atomic E-state index is 14.1. The molecule has 0 amide bonds. The number of rotatable bonds is 10. The minimum Gasteiger partial charge on any atom is -0.496 e. The Bertz CT molecular complexity index is 2370. The van der Waals surface area contributed by atoms with Crippen LogP contribution in [0.2, 0.25) is 5.02 Å². The Labute approximate surface area is 318 Å². The van der Waals surface area contributed by atoms with Crippen LogP contribution in [0.25, 0.3) is 33.2 Å². The average Bonchev–Trinajstić information content (AvgIpc) is 3.73. The van der Waals surface area contributed by atoms with Crippen molar-refractivity contribution in [2.75, 3.05) is 44.9 Å². The second kappa shape index (κ2) is 14.5. The topological polar surface area (TPSA) is 108 Å². The summed E-state index contributed by atoms with van der Waals surface area (Å²) >= 11 is 7.25. The highest BCUT2D eigenvalue weighted by molar-refractivity contribution is 7.91. The van der Waals surface area contributed by atoms with Crippen molar-refractivity contribution in [2.45, 2.75) is 56.6 Å². The van der Waals surface area contributed by atoms with Crippen LogP contribution in [0.1, 0.15) is 53.4 Å². The highest BCUT2D eigenvalue weighted by Crippen LogP contribution is 2.47. The van der Waals surface area contributed by atoms with Crippen molar-refractivity contribution in [3.05, 3.63) is 99.8 Å². The number of sulfone groups is 1. The predicted octanol–water partition coefficient (Wildman–Crippen LogP) is 7.90. The molecule has 2 fully saturated rings. The molecular formula is C41H42ClF2N5O4S. The van der Waals surface area contributed by atoms with Gasteiger partial charge in [-0.25, -0.2) is 27.2 Å². The summed E-state index contributed by atoms with van der Waals surface area (Å²) in [6.45, 7) is 4.97. The van der Waals surface area contributed by atoms with Crippen LogP contribution in [0.4, 0.5) is 20.3 Å². The van der Waals surface area contributed by atoms with E-state index in [1.54, 1.807) is 7.11 Å². The number of hydrogen-bond donors (Lipinski definition) is 2. The smallest absolute Gasteiger partial charge is 0.297 e. The summed E-state index contributed by atoms with van der Waals surface area (Å²) in [5.74, 6) is 0.494. The van der Waals surface area contributed by atoms with Crippen LogP contribution < -0.4 is 10.1 Å². The fourth-order valence-electron chi connectivity index (χ4n) is 8.24. The Morgan fingerprint density at radius 2 is 1.76 bits per heavy atom. The third-order valence-electron chi connectivity index (χ3n) is 11.2. The third kappa shape index (κ3) is 6.94. The number of aliphatic hydroxyl groups excluding tert-OH is 1. The Kier molecular flexibility index (Phi) is 9.85. The first kappa shape index (κ1) is 36.8. The number of likely N-dealkylation sites (tertiary alicyclic amines) is 2. The Balaban J connectivity index is 1.10. The van der Waals surface area contributed by atoms with Crippen LogP contribution in [0.15, 0.2) is 66.7 Å². The zero-order chi connectivity index (χ0) is 37.9. The van der Waals surface area contributed by atoms with E-state index in [4.69, 9.17) is 16.3 Å². The van der Waals surface area contributed by atoms with Gasteiger partial charge in [-0.2, -0.15) is 0 Å². The molecule has 4 aromatic carbocycles. The fraction of sp³-hybridized carbons (Fsp3) is 0.366. The lowest BCUT2D eigenvalue weighted by Gasteiger charge is -2.42. The molecule has 2 aliphatic heterocycles. The molecule has 8 rings (SSSR count). The van der Waals surface area contributed by atoms with Crippen LogP contribution in [-0.2, 0) is 22.8 Å². The van der Waals surface area contributed by atoms with E-state index in [-0.39, 0.29) is 23.2 Å². The van der Waals surface area contributed by atoms with Gasteiger partial charge in [-0.15, -0.1) is 0 Å². The van der Waals surface area contributed by atoms with Gasteiger partial charge in [0.15, 0.2) is 15.7 Å². The van der Waals surface area contributed by atoms with E-state index < -0.39 is 22.1 Å². The van der Waals surface area contributed by atoms with E-state index in [0.717, 1.165) is 64.1 Å². The van der Waals surface area contributed by atoms with Crippen molar-refractivity contribution in [2.24, 2.45) is 0 Å². The molecular weight excluding hydrogens is 732 g/mol. The fourth-order valence-corrected chi connectivity index (χ4v) is 9.50. The maximum Gasteiger partial charge on any atom is 0.297 e. The SMILES string of the molecule is COc1cc(-c2cccc(-c3cccc(Nc4nc(C(F)F)nc5cc(CN6CCC(O)C6)ccc45)c3C)c2Cl)cc2c1C(N1CC(S(C)(=O)=O)C1)CC2. The monoisotopic (exact) mass is 773 g/mol. The summed E-state index contributed by atoms with van der Waals surface area (Å²) in [4.78, 5) is 12.8. The van der Waals surface area contributed by atoms with E-state index in [1.165, 1.54) is 11.8 Å². The second-order valence-electron chi connectivity index (χ2n) is 14.7. The van der Waals surface area contributed by atoms with Crippen molar-refractivity contribution in [3.8, 4) is 28.0 Å². The lowest BCUT2D eigenvalue weighted by molar-refractivity contribution is 0.120. The van der Waals surface area contributed by atoms with Crippen LogP contribution in [-0.4, -0.2) is 84.2 Å². The lowest BCUT2D eigenvalue weighted by Crippen LogP contribution is -2.55. The number of β-amino-alcohol motifs (C(OH)–C–C–N with tert-alkyl or cyclic N) is 1. The molecule has 1 aliphatic carbocycles. The van der Waals surface area contributed by atoms with Gasteiger partial charge in [0.1, 0.15) is 11.6 Å². The van der Waals surface area contributed by atoms with Crippen molar-refractivity contribution in [3.63, 3.8) is 0 Å². The number of benzene rings is 4. The van der Waals surface area contributed by atoms with E-state index in [1.807, 2.05) is 67.6 Å². The minimum absolute atomic E-state index is 0.109. The maximum absolute atomic E-state index is 14.1. The summed E-state index contributed by atoms with van der Waals surface area (Å²) in [5.41, 5.74) is 8.65. The zero-order valence-electron chi connectivity index (χ0n) is 30.3. The normalized spacial score (nSPS) is 19.4. The number of aryl methyl sites for hydroxylation is 1. The first-order valence-electron chi connectivity index (χ1n) is 18.2. The third-order valence-corrected chi connectivity index (χ3v) is 13.1. The molecule has 2 atom stereocenters. The molecule has 54 heavy (non-hydrogen) atoms. The molecule has 5 aromatic rings. The number of aliphatic hydroxyl groups is 1. The van der Waals surface area contributed by atoms with Gasteiger partial charge in [-0.3, -0.25) is 9.80 Å². The highest BCUT2D eigenvalue weighted by Gasteiger charge is 2.42. The van der Waals surface area contributed by atoms with Gasteiger partial charge in [0.25, 0.3) is 6.43 Å². The molecule has 0 radical (unpaired) electrons. The van der Waals surface area contributed by atoms with Gasteiger partial charge in [0, 0.05) is 72.8 Å². The number of nitrogens with zero attached hydrogens (tertiary/aromatic N) is 4. The standard InChI is InChI=1S/C41H42ClF2N5O4S/c1-23-29(6-5-9-33(23)45-40-32-12-10-24(19-48-15-14-27(50)20-48)16-34(32)46-41(47-40)39(43)44)31-8-4-7-30(38(31)42)26-17-25-11-13-35(37(25)36(18-26)53-2)49-21-28(22-49)54(3,51)52/h4-10,12,16-18,27-28,35,39,50H,11,13-15,19-22H2,1-3H3,(H,45,46,47). The van der Waals surface area contributed by atoms with Crippen LogP contribution in [0.5, 0.6) is 5.75 Å². The number of hydrogen-bond acceptors (Lipinski definition) is 9. The van der Waals surface area contributed by atoms with Crippen molar-refractivity contribution in [1.82, 2.24) is 19.8 Å². The van der Waals surface area contributed by atoms with Crippen LogP contribution in [0.3, 0.4) is 0 Å². The first-order valence-corrected chi connectivity index (χ1v) is 20.5. The molecule has 282 valence electrons. The second-order valence-corrected chi connectivity index (χ2v) is 17.4. The number of fused-ring (bicyclic) bond motifs is 2.